The molecular formula is C7H4F2N2S2. The summed E-state index contributed by atoms with van der Waals surface area (Å²) >= 11 is 4.87. The molecule has 2 N–H and O–H groups in total. The predicted octanol–water partition coefficient (Wildman–Crippen LogP) is 2.45. The third kappa shape index (κ3) is 1.26. The molecule has 0 unspecified atom stereocenters. The van der Waals surface area contributed by atoms with E-state index in [2.05, 4.69) is 17.6 Å². The molecule has 0 saturated carbocycles. The Bertz CT molecular complexity index is 481. The zero-order valence-corrected chi connectivity index (χ0v) is 7.92. The Hall–Kier alpha value is -0.880. The first-order valence-corrected chi connectivity index (χ1v) is 4.59. The lowest BCUT2D eigenvalue weighted by Crippen LogP contribution is -1.85. The van der Waals surface area contributed by atoms with Crippen LogP contribution >= 0.6 is 24.0 Å². The molecule has 2 nitrogen and oxygen atoms in total. The summed E-state index contributed by atoms with van der Waals surface area (Å²) < 4.78 is 26.0. The number of nitrogens with zero attached hydrogens (tertiary/aromatic N) is 1. The first-order valence-electron chi connectivity index (χ1n) is 3.32. The van der Waals surface area contributed by atoms with Crippen LogP contribution in [0.15, 0.2) is 11.0 Å². The molecule has 0 spiro atoms. The summed E-state index contributed by atoms with van der Waals surface area (Å²) in [7, 11) is 0. The van der Waals surface area contributed by atoms with Crippen LogP contribution in [-0.4, -0.2) is 4.98 Å². The van der Waals surface area contributed by atoms with Gasteiger partial charge in [-0.25, -0.2) is 13.8 Å². The van der Waals surface area contributed by atoms with Crippen molar-refractivity contribution in [2.24, 2.45) is 0 Å². The first kappa shape index (κ1) is 8.71. The van der Waals surface area contributed by atoms with Gasteiger partial charge in [-0.2, -0.15) is 0 Å². The van der Waals surface area contributed by atoms with Gasteiger partial charge in [-0.3, -0.25) is 0 Å². The highest BCUT2D eigenvalue weighted by atomic mass is 32.1. The number of hydrogen-bond donors (Lipinski definition) is 2. The van der Waals surface area contributed by atoms with E-state index in [0.29, 0.717) is 10.4 Å². The van der Waals surface area contributed by atoms with Crippen LogP contribution < -0.4 is 5.73 Å². The van der Waals surface area contributed by atoms with Crippen molar-refractivity contribution in [2.45, 2.75) is 4.90 Å². The molecule has 0 bridgehead atoms. The van der Waals surface area contributed by atoms with Gasteiger partial charge in [-0.15, -0.1) is 12.6 Å². The van der Waals surface area contributed by atoms with Crippen molar-refractivity contribution < 1.29 is 8.78 Å². The predicted molar refractivity (Wildman–Crippen MR) is 51.2 cm³/mol. The van der Waals surface area contributed by atoms with E-state index in [9.17, 15) is 8.78 Å². The summed E-state index contributed by atoms with van der Waals surface area (Å²) in [5.74, 6) is -1.84. The van der Waals surface area contributed by atoms with Gasteiger partial charge >= 0.3 is 0 Å². The summed E-state index contributed by atoms with van der Waals surface area (Å²) in [6.45, 7) is 0. The molecule has 2 aromatic rings. The Morgan fingerprint density at radius 2 is 2.15 bits per heavy atom. The fourth-order valence-electron chi connectivity index (χ4n) is 1.02. The first-order chi connectivity index (χ1) is 6.09. The van der Waals surface area contributed by atoms with Gasteiger partial charge in [0.2, 0.25) is 0 Å². The Morgan fingerprint density at radius 3 is 2.85 bits per heavy atom. The summed E-state index contributed by atoms with van der Waals surface area (Å²) in [5, 5.41) is 0.204. The summed E-state index contributed by atoms with van der Waals surface area (Å²) in [5.41, 5.74) is 5.67. The maximum atomic E-state index is 13.1. The average molecular weight is 218 g/mol. The van der Waals surface area contributed by atoms with E-state index in [1.807, 2.05) is 0 Å². The van der Waals surface area contributed by atoms with E-state index in [0.717, 1.165) is 17.4 Å². The topological polar surface area (TPSA) is 38.9 Å². The number of aromatic nitrogens is 1. The lowest BCUT2D eigenvalue weighted by Gasteiger charge is -1.95. The van der Waals surface area contributed by atoms with Crippen LogP contribution in [-0.2, 0) is 0 Å². The number of rotatable bonds is 0. The van der Waals surface area contributed by atoms with E-state index < -0.39 is 11.6 Å². The monoisotopic (exact) mass is 218 g/mol. The molecule has 0 amide bonds. The van der Waals surface area contributed by atoms with Crippen molar-refractivity contribution in [2.75, 3.05) is 5.73 Å². The Morgan fingerprint density at radius 1 is 1.46 bits per heavy atom. The molecule has 1 heterocycles. The molecule has 2 rings (SSSR count). The molecule has 0 saturated heterocycles. The number of nitrogens with two attached hydrogens (primary N) is 1. The molecule has 0 aliphatic carbocycles. The van der Waals surface area contributed by atoms with Crippen LogP contribution in [0.1, 0.15) is 0 Å². The molecule has 1 aromatic carbocycles. The fourth-order valence-corrected chi connectivity index (χ4v) is 2.16. The fraction of sp³-hybridized carbons (Fsp3) is 0. The van der Waals surface area contributed by atoms with Crippen molar-refractivity contribution in [3.8, 4) is 0 Å². The molecule has 1 aromatic heterocycles. The van der Waals surface area contributed by atoms with E-state index in [1.54, 1.807) is 0 Å². The van der Waals surface area contributed by atoms with E-state index in [1.165, 1.54) is 0 Å². The zero-order chi connectivity index (χ0) is 9.59. The van der Waals surface area contributed by atoms with Crippen LogP contribution in [0.2, 0.25) is 0 Å². The van der Waals surface area contributed by atoms with Gasteiger partial charge in [-0.05, 0) is 6.07 Å². The summed E-state index contributed by atoms with van der Waals surface area (Å²) in [6, 6.07) is 0.986. The Balaban J connectivity index is 2.95. The van der Waals surface area contributed by atoms with Gasteiger partial charge < -0.3 is 5.73 Å². The van der Waals surface area contributed by atoms with Crippen LogP contribution in [0.3, 0.4) is 0 Å². The van der Waals surface area contributed by atoms with Gasteiger partial charge in [0.25, 0.3) is 0 Å². The zero-order valence-electron chi connectivity index (χ0n) is 6.21. The number of thiol groups is 1. The number of anilines is 1. The average Bonchev–Trinajstić information content (AvgIpc) is 2.44. The number of benzene rings is 1. The number of halogens is 2. The largest absolute Gasteiger partial charge is 0.375 e. The van der Waals surface area contributed by atoms with Crippen LogP contribution in [0.4, 0.5) is 13.9 Å². The maximum absolute atomic E-state index is 13.1. The minimum absolute atomic E-state index is 0.113. The molecule has 68 valence electrons. The second-order valence-electron chi connectivity index (χ2n) is 2.42. The molecular weight excluding hydrogens is 214 g/mol. The van der Waals surface area contributed by atoms with Crippen molar-refractivity contribution in [1.29, 1.82) is 0 Å². The summed E-state index contributed by atoms with van der Waals surface area (Å²) in [6.07, 6.45) is 0. The Labute approximate surface area is 81.8 Å². The smallest absolute Gasteiger partial charge is 0.181 e. The second-order valence-corrected chi connectivity index (χ2v) is 3.93. The van der Waals surface area contributed by atoms with Crippen molar-refractivity contribution in [3.05, 3.63) is 17.7 Å². The molecule has 0 atom stereocenters. The van der Waals surface area contributed by atoms with Crippen molar-refractivity contribution in [1.82, 2.24) is 4.98 Å². The second kappa shape index (κ2) is 2.81. The number of fused-ring (bicyclic) bond motifs is 1. The number of thiazole rings is 1. The number of nitrogen functional groups attached to an aromatic ring is 1. The highest BCUT2D eigenvalue weighted by molar-refractivity contribution is 7.80. The van der Waals surface area contributed by atoms with E-state index in [-0.39, 0.29) is 9.83 Å². The molecule has 0 fully saturated rings. The van der Waals surface area contributed by atoms with Gasteiger partial charge in [0.15, 0.2) is 16.8 Å². The van der Waals surface area contributed by atoms with Crippen LogP contribution in [0.5, 0.6) is 0 Å². The van der Waals surface area contributed by atoms with Gasteiger partial charge in [0.05, 0.1) is 4.70 Å². The van der Waals surface area contributed by atoms with E-state index >= 15 is 0 Å². The van der Waals surface area contributed by atoms with Gasteiger partial charge in [0, 0.05) is 4.90 Å². The quantitative estimate of drug-likeness (QED) is 0.667. The molecule has 0 aliphatic heterocycles. The van der Waals surface area contributed by atoms with Gasteiger partial charge in [0.1, 0.15) is 5.52 Å². The lowest BCUT2D eigenvalue weighted by atomic mass is 10.3. The minimum atomic E-state index is -0.929. The van der Waals surface area contributed by atoms with Gasteiger partial charge in [-0.1, -0.05) is 11.3 Å². The third-order valence-corrected chi connectivity index (χ3v) is 2.78. The SMILES string of the molecule is Nc1nc2c(S)cc(F)c(F)c2s1. The highest BCUT2D eigenvalue weighted by Gasteiger charge is 2.14. The van der Waals surface area contributed by atoms with Crippen molar-refractivity contribution in [3.63, 3.8) is 0 Å². The van der Waals surface area contributed by atoms with Crippen LogP contribution in [0.25, 0.3) is 10.2 Å². The Kier molecular flexibility index (Phi) is 1.88. The normalized spacial score (nSPS) is 11.0. The standard InChI is InChI=1S/C7H4F2N2S2/c8-2-1-3(12)5-6(4(2)9)13-7(10)11-5/h1,12H,(H2,10,11). The maximum Gasteiger partial charge on any atom is 0.181 e. The van der Waals surface area contributed by atoms with Crippen molar-refractivity contribution >= 4 is 39.3 Å². The minimum Gasteiger partial charge on any atom is -0.375 e. The third-order valence-electron chi connectivity index (χ3n) is 1.56. The molecule has 13 heavy (non-hydrogen) atoms. The number of hydrogen-bond acceptors (Lipinski definition) is 4. The molecule has 0 radical (unpaired) electrons. The van der Waals surface area contributed by atoms with E-state index in [4.69, 9.17) is 5.73 Å². The summed E-state index contributed by atoms with van der Waals surface area (Å²) in [4.78, 5) is 4.12. The molecule has 0 aliphatic rings. The highest BCUT2D eigenvalue weighted by Crippen LogP contribution is 2.32. The lowest BCUT2D eigenvalue weighted by molar-refractivity contribution is 0.516. The molecule has 6 heteroatoms. The van der Waals surface area contributed by atoms with Crippen LogP contribution in [0, 0.1) is 11.6 Å².